The molecule has 4 aromatic rings. The number of aliphatic imine (C=N–C) groups is 1. The number of H-pyrrole nitrogens is 1. The lowest BCUT2D eigenvalue weighted by molar-refractivity contribution is -0.122. The lowest BCUT2D eigenvalue weighted by atomic mass is 10.00. The molecule has 7 heteroatoms. The molecule has 0 bridgehead atoms. The SMILES string of the molecule is CN(C(=O)C(C)(C)N)c1ccc(N=C(c2ccccc2)c2c(O)[nH]c3cc(C#N)ccc23)cc1. The highest BCUT2D eigenvalue weighted by Gasteiger charge is 2.26. The van der Waals surface area contributed by atoms with Crippen LogP contribution in [0.5, 0.6) is 5.88 Å². The Balaban J connectivity index is 1.81. The number of benzene rings is 3. The monoisotopic (exact) mass is 451 g/mol. The predicted molar refractivity (Wildman–Crippen MR) is 135 cm³/mol. The Morgan fingerprint density at radius 1 is 1.09 bits per heavy atom. The lowest BCUT2D eigenvalue weighted by Crippen LogP contribution is -2.49. The summed E-state index contributed by atoms with van der Waals surface area (Å²) in [5.41, 5.74) is 9.41. The minimum absolute atomic E-state index is 0.0279. The Hall–Kier alpha value is -4.41. The third-order valence-corrected chi connectivity index (χ3v) is 5.53. The van der Waals surface area contributed by atoms with Gasteiger partial charge in [-0.2, -0.15) is 5.26 Å². The number of carbonyl (C=O) groups is 1. The largest absolute Gasteiger partial charge is 0.494 e. The second kappa shape index (κ2) is 8.85. The van der Waals surface area contributed by atoms with Crippen molar-refractivity contribution < 1.29 is 9.90 Å². The van der Waals surface area contributed by atoms with Crippen molar-refractivity contribution >= 4 is 33.9 Å². The van der Waals surface area contributed by atoms with Gasteiger partial charge in [-0.1, -0.05) is 36.4 Å². The summed E-state index contributed by atoms with van der Waals surface area (Å²) in [6.45, 7) is 3.34. The van der Waals surface area contributed by atoms with Gasteiger partial charge in [0.2, 0.25) is 5.91 Å². The zero-order chi connectivity index (χ0) is 24.5. The van der Waals surface area contributed by atoms with Gasteiger partial charge in [0.15, 0.2) is 5.88 Å². The van der Waals surface area contributed by atoms with Gasteiger partial charge in [-0.25, -0.2) is 4.99 Å². The van der Waals surface area contributed by atoms with Crippen LogP contribution in [0.25, 0.3) is 10.9 Å². The van der Waals surface area contributed by atoms with Crippen LogP contribution in [0.4, 0.5) is 11.4 Å². The number of nitrogens with zero attached hydrogens (tertiary/aromatic N) is 3. The average molecular weight is 452 g/mol. The van der Waals surface area contributed by atoms with Gasteiger partial charge in [-0.15, -0.1) is 0 Å². The molecule has 0 atom stereocenters. The molecular formula is C27H25N5O2. The van der Waals surface area contributed by atoms with E-state index in [0.29, 0.717) is 33.7 Å². The minimum Gasteiger partial charge on any atom is -0.494 e. The van der Waals surface area contributed by atoms with E-state index >= 15 is 0 Å². The third-order valence-electron chi connectivity index (χ3n) is 5.53. The normalized spacial score (nSPS) is 11.9. The van der Waals surface area contributed by atoms with E-state index in [-0.39, 0.29) is 11.8 Å². The number of likely N-dealkylation sites (N-methyl/N-ethyl adjacent to an activating group) is 1. The average Bonchev–Trinajstić information content (AvgIpc) is 3.16. The number of fused-ring (bicyclic) bond motifs is 1. The summed E-state index contributed by atoms with van der Waals surface area (Å²) in [5.74, 6) is -0.228. The number of hydrogen-bond acceptors (Lipinski definition) is 5. The first-order chi connectivity index (χ1) is 16.2. The van der Waals surface area contributed by atoms with Crippen LogP contribution in [0.15, 0.2) is 77.8 Å². The topological polar surface area (TPSA) is 118 Å². The molecule has 0 saturated carbocycles. The number of aromatic nitrogens is 1. The number of hydrogen-bond donors (Lipinski definition) is 3. The van der Waals surface area contributed by atoms with Gasteiger partial charge >= 0.3 is 0 Å². The van der Waals surface area contributed by atoms with Crippen molar-refractivity contribution in [3.8, 4) is 11.9 Å². The Kier molecular flexibility index (Phi) is 5.93. The van der Waals surface area contributed by atoms with Crippen LogP contribution in [0.1, 0.15) is 30.5 Å². The van der Waals surface area contributed by atoms with Crippen molar-refractivity contribution in [1.82, 2.24) is 4.98 Å². The maximum Gasteiger partial charge on any atom is 0.246 e. The summed E-state index contributed by atoms with van der Waals surface area (Å²) in [4.78, 5) is 21.8. The van der Waals surface area contributed by atoms with E-state index in [1.807, 2.05) is 42.5 Å². The Labute approximate surface area is 197 Å². The van der Waals surface area contributed by atoms with E-state index in [0.717, 1.165) is 10.9 Å². The van der Waals surface area contributed by atoms with E-state index in [2.05, 4.69) is 11.1 Å². The minimum atomic E-state index is -0.982. The van der Waals surface area contributed by atoms with Crippen LogP contribution in [-0.2, 0) is 4.79 Å². The van der Waals surface area contributed by atoms with Crippen molar-refractivity contribution in [2.75, 3.05) is 11.9 Å². The van der Waals surface area contributed by atoms with Crippen molar-refractivity contribution in [3.63, 3.8) is 0 Å². The maximum atomic E-state index is 12.5. The number of nitrogens with one attached hydrogen (secondary N) is 1. The van der Waals surface area contributed by atoms with E-state index in [1.165, 1.54) is 4.90 Å². The first-order valence-electron chi connectivity index (χ1n) is 10.8. The summed E-state index contributed by atoms with van der Waals surface area (Å²) in [6, 6.07) is 24.1. The van der Waals surface area contributed by atoms with Crippen molar-refractivity contribution in [1.29, 1.82) is 5.26 Å². The van der Waals surface area contributed by atoms with Crippen LogP contribution in [-0.4, -0.2) is 34.3 Å². The molecule has 0 unspecified atom stereocenters. The fourth-order valence-corrected chi connectivity index (χ4v) is 3.78. The molecule has 34 heavy (non-hydrogen) atoms. The first kappa shape index (κ1) is 22.8. The molecule has 7 nitrogen and oxygen atoms in total. The fraction of sp³-hybridized carbons (Fsp3) is 0.148. The van der Waals surface area contributed by atoms with Gasteiger partial charge in [0.25, 0.3) is 0 Å². The highest BCUT2D eigenvalue weighted by Crippen LogP contribution is 2.32. The van der Waals surface area contributed by atoms with E-state index in [4.69, 9.17) is 10.7 Å². The van der Waals surface area contributed by atoms with Crippen molar-refractivity contribution in [2.24, 2.45) is 10.7 Å². The van der Waals surface area contributed by atoms with Gasteiger partial charge in [0.05, 0.1) is 39.7 Å². The van der Waals surface area contributed by atoms with E-state index in [1.54, 1.807) is 51.2 Å². The number of aromatic amines is 1. The fourth-order valence-electron chi connectivity index (χ4n) is 3.78. The number of anilines is 1. The molecule has 0 fully saturated rings. The molecule has 4 rings (SSSR count). The zero-order valence-corrected chi connectivity index (χ0v) is 19.2. The highest BCUT2D eigenvalue weighted by molar-refractivity contribution is 6.22. The molecule has 0 aliphatic carbocycles. The molecule has 0 aliphatic heterocycles. The van der Waals surface area contributed by atoms with Crippen LogP contribution in [0, 0.1) is 11.3 Å². The summed E-state index contributed by atoms with van der Waals surface area (Å²) in [6.07, 6.45) is 0. The zero-order valence-electron chi connectivity index (χ0n) is 19.2. The summed E-state index contributed by atoms with van der Waals surface area (Å²) < 4.78 is 0. The van der Waals surface area contributed by atoms with Crippen LogP contribution in [0.3, 0.4) is 0 Å². The molecule has 1 amide bonds. The Bertz CT molecular complexity index is 1420. The molecule has 0 radical (unpaired) electrons. The van der Waals surface area contributed by atoms with Crippen molar-refractivity contribution in [3.05, 3.63) is 89.5 Å². The number of carbonyl (C=O) groups excluding carboxylic acids is 1. The lowest BCUT2D eigenvalue weighted by Gasteiger charge is -2.25. The molecule has 170 valence electrons. The molecule has 0 spiro atoms. The van der Waals surface area contributed by atoms with Crippen LogP contribution >= 0.6 is 0 Å². The Morgan fingerprint density at radius 3 is 2.38 bits per heavy atom. The molecular weight excluding hydrogens is 426 g/mol. The van der Waals surface area contributed by atoms with Gasteiger partial charge in [0.1, 0.15) is 0 Å². The van der Waals surface area contributed by atoms with Crippen LogP contribution < -0.4 is 10.6 Å². The second-order valence-electron chi connectivity index (χ2n) is 8.65. The van der Waals surface area contributed by atoms with Gasteiger partial charge in [0, 0.05) is 23.7 Å². The van der Waals surface area contributed by atoms with Gasteiger partial charge < -0.3 is 20.7 Å². The van der Waals surface area contributed by atoms with E-state index in [9.17, 15) is 15.2 Å². The predicted octanol–water partition coefficient (Wildman–Crippen LogP) is 4.61. The maximum absolute atomic E-state index is 12.5. The summed E-state index contributed by atoms with van der Waals surface area (Å²) in [7, 11) is 1.68. The second-order valence-corrected chi connectivity index (χ2v) is 8.65. The van der Waals surface area contributed by atoms with Gasteiger partial charge in [-0.3, -0.25) is 4.79 Å². The quantitative estimate of drug-likeness (QED) is 0.384. The molecule has 1 aromatic heterocycles. The number of rotatable bonds is 5. The molecule has 1 heterocycles. The number of amides is 1. The smallest absolute Gasteiger partial charge is 0.246 e. The number of nitrogens with two attached hydrogens (primary N) is 1. The van der Waals surface area contributed by atoms with Crippen LogP contribution in [0.2, 0.25) is 0 Å². The molecule has 4 N–H and O–H groups in total. The molecule has 0 aliphatic rings. The third kappa shape index (κ3) is 4.40. The molecule has 0 saturated heterocycles. The van der Waals surface area contributed by atoms with Gasteiger partial charge in [-0.05, 0) is 50.2 Å². The van der Waals surface area contributed by atoms with Crippen molar-refractivity contribution in [2.45, 2.75) is 19.4 Å². The number of nitriles is 1. The van der Waals surface area contributed by atoms with E-state index < -0.39 is 5.54 Å². The Morgan fingerprint density at radius 2 is 1.76 bits per heavy atom. The first-order valence-corrected chi connectivity index (χ1v) is 10.8. The standard InChI is InChI=1S/C27H25N5O2/c1-27(2,29)26(34)32(3)20-12-10-19(11-13-20)30-24(18-7-5-4-6-8-18)23-21-14-9-17(16-28)15-22(21)31-25(23)33/h4-15,31,33H,29H2,1-3H3. The summed E-state index contributed by atoms with van der Waals surface area (Å²) >= 11 is 0. The molecule has 3 aromatic carbocycles. The number of aromatic hydroxyl groups is 1. The summed E-state index contributed by atoms with van der Waals surface area (Å²) in [5, 5.41) is 20.8. The highest BCUT2D eigenvalue weighted by atomic mass is 16.3.